The Labute approximate surface area is 217 Å². The van der Waals surface area contributed by atoms with E-state index < -0.39 is 0 Å². The Hall–Kier alpha value is -3.50. The van der Waals surface area contributed by atoms with E-state index in [0.717, 1.165) is 62.0 Å². The fourth-order valence-electron chi connectivity index (χ4n) is 5.15. The molecule has 196 valence electrons. The molecule has 0 radical (unpaired) electrons. The smallest absolute Gasteiger partial charge is 0.231 e. The Morgan fingerprint density at radius 2 is 2.08 bits per heavy atom. The third-order valence-electron chi connectivity index (χ3n) is 7.05. The number of imidazole rings is 1. The van der Waals surface area contributed by atoms with Gasteiger partial charge in [-0.15, -0.1) is 0 Å². The first-order valence-corrected chi connectivity index (χ1v) is 12.9. The molecule has 1 amide bonds. The number of likely N-dealkylation sites (N-methyl/N-ethyl adjacent to an activating group) is 1. The van der Waals surface area contributed by atoms with E-state index in [1.165, 1.54) is 5.56 Å². The number of piperidine rings is 1. The fourth-order valence-corrected chi connectivity index (χ4v) is 5.15. The van der Waals surface area contributed by atoms with Crippen LogP contribution in [0.4, 0.5) is 0 Å². The van der Waals surface area contributed by atoms with Gasteiger partial charge in [0.1, 0.15) is 18.0 Å². The summed E-state index contributed by atoms with van der Waals surface area (Å²) in [6.07, 6.45) is 6.94. The molecule has 1 fully saturated rings. The molecular formula is C27H35N7O3. The highest BCUT2D eigenvalue weighted by atomic mass is 16.7. The molecule has 0 spiro atoms. The number of benzene rings is 1. The Morgan fingerprint density at radius 3 is 2.89 bits per heavy atom. The van der Waals surface area contributed by atoms with E-state index in [4.69, 9.17) is 14.5 Å². The van der Waals surface area contributed by atoms with Gasteiger partial charge in [-0.3, -0.25) is 14.3 Å². The second kappa shape index (κ2) is 11.3. The third-order valence-corrected chi connectivity index (χ3v) is 7.05. The van der Waals surface area contributed by atoms with Crippen molar-refractivity contribution in [3.8, 4) is 17.3 Å². The minimum absolute atomic E-state index is 0.0282. The van der Waals surface area contributed by atoms with Crippen LogP contribution in [-0.2, 0) is 11.3 Å². The molecule has 1 aromatic carbocycles. The summed E-state index contributed by atoms with van der Waals surface area (Å²) in [5.41, 5.74) is 2.14. The van der Waals surface area contributed by atoms with Crippen LogP contribution in [0, 0.1) is 12.8 Å². The van der Waals surface area contributed by atoms with Crippen LogP contribution in [-0.4, -0.2) is 75.2 Å². The van der Waals surface area contributed by atoms with Crippen LogP contribution in [0.1, 0.15) is 42.9 Å². The van der Waals surface area contributed by atoms with Gasteiger partial charge in [0.25, 0.3) is 0 Å². The minimum Gasteiger partial charge on any atom is -0.454 e. The largest absolute Gasteiger partial charge is 0.454 e. The SMILES string of the molecule is CCNC(=O)C1CCN(CCN(C)Cc2ccc3c(c2)OCO3)C(c2cc(-n3ccnc3)nc(C)n2)C1. The number of carbonyl (C=O) groups excluding carboxylic acids is 1. The molecule has 37 heavy (non-hydrogen) atoms. The fraction of sp³-hybridized carbons (Fsp3) is 0.481. The van der Waals surface area contributed by atoms with E-state index in [-0.39, 0.29) is 24.7 Å². The number of carbonyl (C=O) groups is 1. The standard InChI is InChI=1S/C27H35N7O3/c1-4-29-27(35)21-7-9-33(12-11-32(3)16-20-5-6-24-25(13-20)37-18-36-24)23(14-21)22-15-26(31-19(2)30-22)34-10-8-28-17-34/h5-6,8,10,13,15,17,21,23H,4,7,9,11-12,14,16,18H2,1-3H3,(H,29,35). The van der Waals surface area contributed by atoms with Gasteiger partial charge in [-0.25, -0.2) is 15.0 Å². The quantitative estimate of drug-likeness (QED) is 0.474. The van der Waals surface area contributed by atoms with Gasteiger partial charge in [-0.1, -0.05) is 6.07 Å². The molecular weight excluding hydrogens is 470 g/mol. The summed E-state index contributed by atoms with van der Waals surface area (Å²) in [5, 5.41) is 3.01. The van der Waals surface area contributed by atoms with Gasteiger partial charge in [0.15, 0.2) is 11.5 Å². The van der Waals surface area contributed by atoms with Crippen molar-refractivity contribution in [2.75, 3.05) is 40.0 Å². The van der Waals surface area contributed by atoms with Crippen molar-refractivity contribution in [1.29, 1.82) is 0 Å². The second-order valence-electron chi connectivity index (χ2n) is 9.76. The van der Waals surface area contributed by atoms with Crippen LogP contribution in [0.2, 0.25) is 0 Å². The van der Waals surface area contributed by atoms with Gasteiger partial charge < -0.3 is 19.7 Å². The molecule has 1 N–H and O–H groups in total. The average Bonchev–Trinajstić information content (AvgIpc) is 3.59. The number of nitrogens with zero attached hydrogens (tertiary/aromatic N) is 6. The number of likely N-dealkylation sites (tertiary alicyclic amines) is 1. The molecule has 0 bridgehead atoms. The molecule has 5 rings (SSSR count). The van der Waals surface area contributed by atoms with E-state index in [1.807, 2.05) is 36.7 Å². The molecule has 10 heteroatoms. The van der Waals surface area contributed by atoms with Gasteiger partial charge >= 0.3 is 0 Å². The summed E-state index contributed by atoms with van der Waals surface area (Å²) in [5.74, 6) is 3.22. The Bertz CT molecular complexity index is 1220. The van der Waals surface area contributed by atoms with Crippen molar-refractivity contribution in [1.82, 2.24) is 34.6 Å². The number of aryl methyl sites for hydroxylation is 1. The number of rotatable bonds is 9. The highest BCUT2D eigenvalue weighted by Gasteiger charge is 2.34. The van der Waals surface area contributed by atoms with Crippen molar-refractivity contribution >= 4 is 5.91 Å². The molecule has 3 aromatic rings. The number of nitrogens with one attached hydrogen (secondary N) is 1. The zero-order valence-electron chi connectivity index (χ0n) is 21.8. The van der Waals surface area contributed by atoms with Crippen LogP contribution in [0.15, 0.2) is 43.0 Å². The molecule has 10 nitrogen and oxygen atoms in total. The first-order chi connectivity index (χ1) is 18.0. The Balaban J connectivity index is 1.31. The van der Waals surface area contributed by atoms with Gasteiger partial charge in [-0.2, -0.15) is 0 Å². The lowest BCUT2D eigenvalue weighted by molar-refractivity contribution is -0.127. The number of amides is 1. The summed E-state index contributed by atoms with van der Waals surface area (Å²) in [4.78, 5) is 31.1. The maximum atomic E-state index is 12.8. The predicted octanol–water partition coefficient (Wildman–Crippen LogP) is 2.72. The third kappa shape index (κ3) is 5.91. The second-order valence-corrected chi connectivity index (χ2v) is 9.76. The number of aromatic nitrogens is 4. The normalized spacial score (nSPS) is 19.4. The monoisotopic (exact) mass is 505 g/mol. The summed E-state index contributed by atoms with van der Waals surface area (Å²) in [6, 6.07) is 8.18. The maximum absolute atomic E-state index is 12.8. The summed E-state index contributed by atoms with van der Waals surface area (Å²) in [6.45, 7) is 8.22. The summed E-state index contributed by atoms with van der Waals surface area (Å²) in [7, 11) is 2.13. The van der Waals surface area contributed by atoms with Crippen LogP contribution in [0.25, 0.3) is 5.82 Å². The lowest BCUT2D eigenvalue weighted by Gasteiger charge is -2.39. The molecule has 2 aromatic heterocycles. The summed E-state index contributed by atoms with van der Waals surface area (Å²) >= 11 is 0. The first-order valence-electron chi connectivity index (χ1n) is 12.9. The molecule has 2 aliphatic heterocycles. The highest BCUT2D eigenvalue weighted by Crippen LogP contribution is 2.35. The van der Waals surface area contributed by atoms with E-state index in [0.29, 0.717) is 12.4 Å². The van der Waals surface area contributed by atoms with E-state index in [9.17, 15) is 4.79 Å². The lowest BCUT2D eigenvalue weighted by atomic mass is 9.88. The zero-order valence-corrected chi connectivity index (χ0v) is 21.8. The van der Waals surface area contributed by atoms with Gasteiger partial charge in [0.2, 0.25) is 12.7 Å². The van der Waals surface area contributed by atoms with Crippen LogP contribution in [0.3, 0.4) is 0 Å². The number of hydrogen-bond donors (Lipinski definition) is 1. The number of fused-ring (bicyclic) bond motifs is 1. The number of hydrogen-bond acceptors (Lipinski definition) is 8. The molecule has 4 heterocycles. The lowest BCUT2D eigenvalue weighted by Crippen LogP contribution is -2.44. The van der Waals surface area contributed by atoms with Crippen molar-refractivity contribution in [2.45, 2.75) is 39.3 Å². The molecule has 2 aliphatic rings. The van der Waals surface area contributed by atoms with Crippen molar-refractivity contribution in [2.24, 2.45) is 5.92 Å². The van der Waals surface area contributed by atoms with Crippen molar-refractivity contribution < 1.29 is 14.3 Å². The topological polar surface area (TPSA) is 97.6 Å². The molecule has 2 unspecified atom stereocenters. The predicted molar refractivity (Wildman–Crippen MR) is 139 cm³/mol. The van der Waals surface area contributed by atoms with E-state index in [1.54, 1.807) is 12.5 Å². The molecule has 0 aliphatic carbocycles. The van der Waals surface area contributed by atoms with E-state index in [2.05, 4.69) is 44.3 Å². The highest BCUT2D eigenvalue weighted by molar-refractivity contribution is 5.78. The minimum atomic E-state index is -0.0282. The Kier molecular flexibility index (Phi) is 7.66. The molecule has 0 saturated carbocycles. The Morgan fingerprint density at radius 1 is 1.22 bits per heavy atom. The molecule has 2 atom stereocenters. The van der Waals surface area contributed by atoms with Gasteiger partial charge in [-0.05, 0) is 58.0 Å². The first kappa shape index (κ1) is 25.2. The van der Waals surface area contributed by atoms with Gasteiger partial charge in [0.05, 0.1) is 11.7 Å². The van der Waals surface area contributed by atoms with Crippen LogP contribution in [0.5, 0.6) is 11.5 Å². The van der Waals surface area contributed by atoms with Gasteiger partial charge in [0, 0.05) is 50.6 Å². The van der Waals surface area contributed by atoms with E-state index >= 15 is 0 Å². The van der Waals surface area contributed by atoms with Crippen LogP contribution < -0.4 is 14.8 Å². The zero-order chi connectivity index (χ0) is 25.8. The van der Waals surface area contributed by atoms with Crippen molar-refractivity contribution in [3.63, 3.8) is 0 Å². The summed E-state index contributed by atoms with van der Waals surface area (Å²) < 4.78 is 12.9. The van der Waals surface area contributed by atoms with Crippen LogP contribution >= 0.6 is 0 Å². The van der Waals surface area contributed by atoms with Crippen molar-refractivity contribution in [3.05, 3.63) is 60.1 Å². The average molecular weight is 506 g/mol. The maximum Gasteiger partial charge on any atom is 0.231 e. The molecule has 1 saturated heterocycles. The number of ether oxygens (including phenoxy) is 2.